The molecule has 1 amide bonds. The van der Waals surface area contributed by atoms with Gasteiger partial charge in [-0.3, -0.25) is 4.79 Å². The maximum atomic E-state index is 12.4. The normalized spacial score (nSPS) is 15.4. The van der Waals surface area contributed by atoms with Crippen molar-refractivity contribution in [3.63, 3.8) is 0 Å². The van der Waals surface area contributed by atoms with Gasteiger partial charge in [-0.2, -0.15) is 0 Å². The van der Waals surface area contributed by atoms with Crippen LogP contribution in [0.2, 0.25) is 0 Å². The second kappa shape index (κ2) is 4.61. The molecule has 1 aromatic carbocycles. The highest BCUT2D eigenvalue weighted by molar-refractivity contribution is 5.95. The van der Waals surface area contributed by atoms with Crippen molar-refractivity contribution in [2.45, 2.75) is 12.8 Å². The van der Waals surface area contributed by atoms with Crippen molar-refractivity contribution in [1.82, 2.24) is 0 Å². The van der Waals surface area contributed by atoms with Crippen LogP contribution < -0.4 is 10.6 Å². The first kappa shape index (κ1) is 12.9. The van der Waals surface area contributed by atoms with Gasteiger partial charge < -0.3 is 15.1 Å². The van der Waals surface area contributed by atoms with E-state index in [0.29, 0.717) is 11.0 Å². The number of likely N-dealkylation sites (N-methyl/N-ethyl adjacent to an activating group) is 1. The van der Waals surface area contributed by atoms with E-state index >= 15 is 0 Å². The van der Waals surface area contributed by atoms with Crippen LogP contribution in [0.5, 0.6) is 0 Å². The zero-order valence-corrected chi connectivity index (χ0v) is 11.4. The topological polar surface area (TPSA) is 46.3 Å². The van der Waals surface area contributed by atoms with Gasteiger partial charge in [-0.1, -0.05) is 6.07 Å². The van der Waals surface area contributed by atoms with E-state index in [9.17, 15) is 4.79 Å². The third kappa shape index (κ3) is 2.82. The van der Waals surface area contributed by atoms with E-state index in [1.54, 1.807) is 0 Å². The minimum Gasteiger partial charge on any atom is -0.399 e. The summed E-state index contributed by atoms with van der Waals surface area (Å²) in [6.45, 7) is 1.31. The van der Waals surface area contributed by atoms with Gasteiger partial charge in [0.05, 0.1) is 21.1 Å². The fourth-order valence-electron chi connectivity index (χ4n) is 2.34. The van der Waals surface area contributed by atoms with Crippen LogP contribution in [0.15, 0.2) is 18.2 Å². The summed E-state index contributed by atoms with van der Waals surface area (Å²) >= 11 is 0. The maximum absolute atomic E-state index is 12.4. The molecule has 98 valence electrons. The Balaban J connectivity index is 2.27. The molecule has 0 saturated carbocycles. The van der Waals surface area contributed by atoms with Crippen LogP contribution in [0.25, 0.3) is 0 Å². The van der Waals surface area contributed by atoms with Crippen molar-refractivity contribution in [1.29, 1.82) is 0 Å². The Morgan fingerprint density at radius 1 is 1.39 bits per heavy atom. The molecule has 18 heavy (non-hydrogen) atoms. The molecule has 0 atom stereocenters. The first-order valence-corrected chi connectivity index (χ1v) is 6.36. The van der Waals surface area contributed by atoms with Gasteiger partial charge in [0.25, 0.3) is 5.91 Å². The highest BCUT2D eigenvalue weighted by Gasteiger charge is 2.26. The summed E-state index contributed by atoms with van der Waals surface area (Å²) in [5.41, 5.74) is 8.78. The molecule has 0 aromatic heterocycles. The monoisotopic (exact) mass is 248 g/mol. The van der Waals surface area contributed by atoms with Gasteiger partial charge in [-0.25, -0.2) is 0 Å². The van der Waals surface area contributed by atoms with Gasteiger partial charge >= 0.3 is 0 Å². The number of carbonyl (C=O) groups is 1. The first-order valence-electron chi connectivity index (χ1n) is 6.36. The Hall–Kier alpha value is -1.55. The molecule has 0 fully saturated rings. The van der Waals surface area contributed by atoms with Crippen LogP contribution in [0.3, 0.4) is 0 Å². The standard InChI is InChI=1S/C14H22N3O/c1-17(2,3)10-14(18)16-8-4-5-11-6-7-12(15)9-13(11)16/h6-7,9H,4-5,8,10,15H2,1-3H3/q+1. The van der Waals surface area contributed by atoms with E-state index in [0.717, 1.165) is 30.8 Å². The van der Waals surface area contributed by atoms with Gasteiger partial charge in [0.15, 0.2) is 6.54 Å². The van der Waals surface area contributed by atoms with E-state index in [4.69, 9.17) is 5.73 Å². The lowest BCUT2D eigenvalue weighted by Gasteiger charge is -2.32. The summed E-state index contributed by atoms with van der Waals surface area (Å²) in [6, 6.07) is 5.87. The number of hydrogen-bond donors (Lipinski definition) is 1. The summed E-state index contributed by atoms with van der Waals surface area (Å²) in [4.78, 5) is 14.2. The zero-order chi connectivity index (χ0) is 13.3. The number of hydrogen-bond acceptors (Lipinski definition) is 2. The summed E-state index contributed by atoms with van der Waals surface area (Å²) in [7, 11) is 6.09. The van der Waals surface area contributed by atoms with Crippen LogP contribution in [-0.4, -0.2) is 44.6 Å². The number of nitrogens with zero attached hydrogens (tertiary/aromatic N) is 2. The molecule has 0 saturated heterocycles. The van der Waals surface area contributed by atoms with Crippen molar-refractivity contribution >= 4 is 17.3 Å². The van der Waals surface area contributed by atoms with Crippen molar-refractivity contribution in [3.05, 3.63) is 23.8 Å². The molecule has 1 aliphatic heterocycles. The lowest BCUT2D eigenvalue weighted by molar-refractivity contribution is -0.862. The van der Waals surface area contributed by atoms with Crippen LogP contribution in [-0.2, 0) is 11.2 Å². The van der Waals surface area contributed by atoms with E-state index in [2.05, 4.69) is 0 Å². The summed E-state index contributed by atoms with van der Waals surface area (Å²) in [5, 5.41) is 0. The second-order valence-corrected chi connectivity index (χ2v) is 5.99. The number of amides is 1. The van der Waals surface area contributed by atoms with Gasteiger partial charge in [0.1, 0.15) is 0 Å². The number of quaternary nitrogens is 1. The molecular formula is C14H22N3O+. The van der Waals surface area contributed by atoms with Gasteiger partial charge in [0, 0.05) is 17.9 Å². The number of aryl methyl sites for hydroxylation is 1. The lowest BCUT2D eigenvalue weighted by atomic mass is 10.0. The fraction of sp³-hybridized carbons (Fsp3) is 0.500. The van der Waals surface area contributed by atoms with E-state index in [1.807, 2.05) is 44.2 Å². The molecule has 1 aliphatic rings. The Labute approximate surface area is 109 Å². The van der Waals surface area contributed by atoms with Crippen molar-refractivity contribution in [3.8, 4) is 0 Å². The average molecular weight is 248 g/mol. The third-order valence-electron chi connectivity index (χ3n) is 3.14. The Morgan fingerprint density at radius 2 is 2.11 bits per heavy atom. The Kier molecular flexibility index (Phi) is 3.30. The van der Waals surface area contributed by atoms with Crippen molar-refractivity contribution in [2.24, 2.45) is 0 Å². The summed E-state index contributed by atoms with van der Waals surface area (Å²) in [6.07, 6.45) is 2.06. The Morgan fingerprint density at radius 3 is 2.78 bits per heavy atom. The molecule has 0 unspecified atom stereocenters. The molecular weight excluding hydrogens is 226 g/mol. The largest absolute Gasteiger partial charge is 0.399 e. The lowest BCUT2D eigenvalue weighted by Crippen LogP contribution is -2.47. The number of nitrogens with two attached hydrogens (primary N) is 1. The molecule has 4 heteroatoms. The first-order chi connectivity index (χ1) is 8.37. The molecule has 2 N–H and O–H groups in total. The number of anilines is 2. The van der Waals surface area contributed by atoms with Crippen LogP contribution >= 0.6 is 0 Å². The number of nitrogen functional groups attached to an aromatic ring is 1. The van der Waals surface area contributed by atoms with Crippen molar-refractivity contribution in [2.75, 3.05) is 44.9 Å². The van der Waals surface area contributed by atoms with Gasteiger partial charge in [-0.05, 0) is 30.5 Å². The number of benzene rings is 1. The van der Waals surface area contributed by atoms with E-state index < -0.39 is 0 Å². The second-order valence-electron chi connectivity index (χ2n) is 5.99. The van der Waals surface area contributed by atoms with Crippen molar-refractivity contribution < 1.29 is 9.28 Å². The summed E-state index contributed by atoms with van der Waals surface area (Å²) < 4.78 is 0.646. The molecule has 0 spiro atoms. The molecule has 0 bridgehead atoms. The zero-order valence-electron chi connectivity index (χ0n) is 11.4. The Bertz CT molecular complexity index is 463. The van der Waals surface area contributed by atoms with Crippen LogP contribution in [0.4, 0.5) is 11.4 Å². The fourth-order valence-corrected chi connectivity index (χ4v) is 2.34. The highest BCUT2D eigenvalue weighted by Crippen LogP contribution is 2.29. The molecule has 1 aromatic rings. The molecule has 1 heterocycles. The van der Waals surface area contributed by atoms with Crippen LogP contribution in [0.1, 0.15) is 12.0 Å². The number of carbonyl (C=O) groups excluding carboxylic acids is 1. The predicted molar refractivity (Wildman–Crippen MR) is 74.4 cm³/mol. The molecule has 2 rings (SSSR count). The van der Waals surface area contributed by atoms with Crippen LogP contribution in [0, 0.1) is 0 Å². The third-order valence-corrected chi connectivity index (χ3v) is 3.14. The minimum atomic E-state index is 0.175. The molecule has 0 radical (unpaired) electrons. The maximum Gasteiger partial charge on any atom is 0.282 e. The quantitative estimate of drug-likeness (QED) is 0.632. The van der Waals surface area contributed by atoms with E-state index in [1.165, 1.54) is 5.56 Å². The minimum absolute atomic E-state index is 0.175. The molecule has 0 aliphatic carbocycles. The highest BCUT2D eigenvalue weighted by atomic mass is 16.2. The summed E-state index contributed by atoms with van der Waals surface area (Å²) in [5.74, 6) is 0.175. The smallest absolute Gasteiger partial charge is 0.282 e. The van der Waals surface area contributed by atoms with E-state index in [-0.39, 0.29) is 5.91 Å². The van der Waals surface area contributed by atoms with Gasteiger partial charge in [0.2, 0.25) is 0 Å². The van der Waals surface area contributed by atoms with Gasteiger partial charge in [-0.15, -0.1) is 0 Å². The number of rotatable bonds is 2. The average Bonchev–Trinajstić information content (AvgIpc) is 2.25. The SMILES string of the molecule is C[N+](C)(C)CC(=O)N1CCCc2ccc(N)cc21. The molecule has 4 nitrogen and oxygen atoms in total. The number of fused-ring (bicyclic) bond motifs is 1. The predicted octanol–water partition coefficient (Wildman–Crippen LogP) is 1.25.